The van der Waals surface area contributed by atoms with E-state index >= 15 is 0 Å². The average molecular weight is 272 g/mol. The summed E-state index contributed by atoms with van der Waals surface area (Å²) in [6, 6.07) is 8.02. The number of rotatable bonds is 2. The van der Waals surface area contributed by atoms with E-state index in [0.29, 0.717) is 0 Å². The molecule has 0 aliphatic carbocycles. The molecule has 20 heavy (non-hydrogen) atoms. The molecule has 1 saturated heterocycles. The number of piperazine rings is 1. The van der Waals surface area contributed by atoms with Gasteiger partial charge in [-0.15, -0.1) is 0 Å². The van der Waals surface area contributed by atoms with Crippen molar-refractivity contribution in [2.45, 2.75) is 6.92 Å². The smallest absolute Gasteiger partial charge is 0.167 e. The molecule has 0 bridgehead atoms. The zero-order valence-electron chi connectivity index (χ0n) is 12.0. The first-order valence-electron chi connectivity index (χ1n) is 6.89. The predicted molar refractivity (Wildman–Crippen MR) is 80.8 cm³/mol. The minimum absolute atomic E-state index is 0.755. The van der Waals surface area contributed by atoms with Gasteiger partial charge in [-0.1, -0.05) is 5.16 Å². The van der Waals surface area contributed by atoms with E-state index in [9.17, 15) is 0 Å². The molecule has 0 spiro atoms. The minimum atomic E-state index is 0.755. The van der Waals surface area contributed by atoms with Crippen molar-refractivity contribution in [1.82, 2.24) is 10.1 Å². The van der Waals surface area contributed by atoms with Crippen molar-refractivity contribution in [1.29, 1.82) is 0 Å². The van der Waals surface area contributed by atoms with E-state index in [2.05, 4.69) is 28.1 Å². The molecular weight excluding hydrogens is 252 g/mol. The van der Waals surface area contributed by atoms with Crippen molar-refractivity contribution in [3.8, 4) is 11.3 Å². The van der Waals surface area contributed by atoms with Crippen LogP contribution in [-0.4, -0.2) is 43.3 Å². The number of anilines is 2. The number of aryl methyl sites for hydroxylation is 1. The van der Waals surface area contributed by atoms with Crippen molar-refractivity contribution in [2.24, 2.45) is 0 Å². The zero-order chi connectivity index (χ0) is 14.1. The zero-order valence-corrected chi connectivity index (χ0v) is 12.0. The Hall–Kier alpha value is -2.01. The monoisotopic (exact) mass is 272 g/mol. The van der Waals surface area contributed by atoms with Crippen LogP contribution < -0.4 is 10.6 Å². The second-order valence-corrected chi connectivity index (χ2v) is 5.44. The number of hydrogen-bond donors (Lipinski definition) is 1. The third-order valence-corrected chi connectivity index (χ3v) is 3.72. The van der Waals surface area contributed by atoms with Crippen LogP contribution in [0.4, 0.5) is 11.4 Å². The summed E-state index contributed by atoms with van der Waals surface area (Å²) in [6.45, 7) is 6.11. The fourth-order valence-electron chi connectivity index (χ4n) is 2.52. The van der Waals surface area contributed by atoms with Crippen LogP contribution in [0.2, 0.25) is 0 Å². The lowest BCUT2D eigenvalue weighted by molar-refractivity contribution is 0.313. The number of nitrogen functional groups attached to an aromatic ring is 1. The third-order valence-electron chi connectivity index (χ3n) is 3.72. The maximum Gasteiger partial charge on any atom is 0.167 e. The van der Waals surface area contributed by atoms with Crippen molar-refractivity contribution >= 4 is 11.4 Å². The lowest BCUT2D eigenvalue weighted by Gasteiger charge is -2.34. The van der Waals surface area contributed by atoms with Gasteiger partial charge in [-0.2, -0.15) is 0 Å². The van der Waals surface area contributed by atoms with E-state index in [1.54, 1.807) is 0 Å². The molecule has 1 aliphatic rings. The van der Waals surface area contributed by atoms with Crippen molar-refractivity contribution in [3.05, 3.63) is 30.0 Å². The molecular formula is C15H20N4O. The highest BCUT2D eigenvalue weighted by atomic mass is 16.5. The van der Waals surface area contributed by atoms with Crippen LogP contribution in [0.1, 0.15) is 5.69 Å². The maximum absolute atomic E-state index is 6.04. The normalized spacial score (nSPS) is 16.6. The fraction of sp³-hybridized carbons (Fsp3) is 0.400. The SMILES string of the molecule is Cc1cc(-c2cc(N)cc(N3CCN(C)CC3)c2)on1. The summed E-state index contributed by atoms with van der Waals surface area (Å²) >= 11 is 0. The minimum Gasteiger partial charge on any atom is -0.399 e. The quantitative estimate of drug-likeness (QED) is 0.847. The van der Waals surface area contributed by atoms with Crippen molar-refractivity contribution in [2.75, 3.05) is 43.9 Å². The Balaban J connectivity index is 1.90. The van der Waals surface area contributed by atoms with Crippen LogP contribution in [0.5, 0.6) is 0 Å². The molecule has 106 valence electrons. The Kier molecular flexibility index (Phi) is 3.36. The Morgan fingerprint density at radius 1 is 1.10 bits per heavy atom. The molecule has 2 N–H and O–H groups in total. The number of nitrogens with two attached hydrogens (primary N) is 1. The summed E-state index contributed by atoms with van der Waals surface area (Å²) in [7, 11) is 2.15. The summed E-state index contributed by atoms with van der Waals surface area (Å²) < 4.78 is 5.33. The summed E-state index contributed by atoms with van der Waals surface area (Å²) in [5.41, 5.74) is 9.81. The van der Waals surface area contributed by atoms with Gasteiger partial charge in [0.2, 0.25) is 0 Å². The first-order chi connectivity index (χ1) is 9.61. The molecule has 5 heteroatoms. The van der Waals surface area contributed by atoms with E-state index in [0.717, 1.165) is 54.6 Å². The number of benzene rings is 1. The molecule has 0 atom stereocenters. The van der Waals surface area contributed by atoms with Gasteiger partial charge in [-0.05, 0) is 32.2 Å². The molecule has 0 amide bonds. The van der Waals surface area contributed by atoms with Crippen LogP contribution in [-0.2, 0) is 0 Å². The molecule has 1 aliphatic heterocycles. The largest absolute Gasteiger partial charge is 0.399 e. The average Bonchev–Trinajstić information content (AvgIpc) is 2.85. The van der Waals surface area contributed by atoms with Gasteiger partial charge >= 0.3 is 0 Å². The van der Waals surface area contributed by atoms with Gasteiger partial charge in [0.1, 0.15) is 0 Å². The molecule has 0 radical (unpaired) electrons. The predicted octanol–water partition coefficient (Wildman–Crippen LogP) is 1.98. The number of nitrogens with zero attached hydrogens (tertiary/aromatic N) is 3. The van der Waals surface area contributed by atoms with Gasteiger partial charge in [0.05, 0.1) is 5.69 Å². The highest BCUT2D eigenvalue weighted by Crippen LogP contribution is 2.29. The number of aromatic nitrogens is 1. The first kappa shape index (κ1) is 13.0. The molecule has 1 fully saturated rings. The second kappa shape index (κ2) is 5.17. The Labute approximate surface area is 118 Å². The van der Waals surface area contributed by atoms with Gasteiger partial charge in [0, 0.05) is 49.2 Å². The van der Waals surface area contributed by atoms with Gasteiger partial charge in [-0.3, -0.25) is 0 Å². The molecule has 5 nitrogen and oxygen atoms in total. The van der Waals surface area contributed by atoms with Crippen molar-refractivity contribution < 1.29 is 4.52 Å². The molecule has 2 aromatic rings. The first-order valence-corrected chi connectivity index (χ1v) is 6.89. The van der Waals surface area contributed by atoms with Gasteiger partial charge in [0.15, 0.2) is 5.76 Å². The van der Waals surface area contributed by atoms with E-state index in [1.807, 2.05) is 25.1 Å². The summed E-state index contributed by atoms with van der Waals surface area (Å²) in [6.07, 6.45) is 0. The maximum atomic E-state index is 6.04. The highest BCUT2D eigenvalue weighted by molar-refractivity contribution is 5.71. The number of likely N-dealkylation sites (N-methyl/N-ethyl adjacent to an activating group) is 1. The van der Waals surface area contributed by atoms with E-state index in [1.165, 1.54) is 0 Å². The standard InChI is InChI=1S/C15H20N4O/c1-11-7-15(20-17-11)12-8-13(16)10-14(9-12)19-5-3-18(2)4-6-19/h7-10H,3-6,16H2,1-2H3. The summed E-state index contributed by atoms with van der Waals surface area (Å²) in [4.78, 5) is 4.70. The topological polar surface area (TPSA) is 58.5 Å². The van der Waals surface area contributed by atoms with Crippen LogP contribution in [0, 0.1) is 6.92 Å². The van der Waals surface area contributed by atoms with Gasteiger partial charge in [-0.25, -0.2) is 0 Å². The van der Waals surface area contributed by atoms with Gasteiger partial charge < -0.3 is 20.1 Å². The Morgan fingerprint density at radius 3 is 2.50 bits per heavy atom. The molecule has 2 heterocycles. The molecule has 3 rings (SSSR count). The second-order valence-electron chi connectivity index (χ2n) is 5.44. The van der Waals surface area contributed by atoms with E-state index in [4.69, 9.17) is 10.3 Å². The van der Waals surface area contributed by atoms with E-state index in [-0.39, 0.29) is 0 Å². The fourth-order valence-corrected chi connectivity index (χ4v) is 2.52. The Morgan fingerprint density at radius 2 is 1.85 bits per heavy atom. The van der Waals surface area contributed by atoms with Crippen molar-refractivity contribution in [3.63, 3.8) is 0 Å². The van der Waals surface area contributed by atoms with E-state index < -0.39 is 0 Å². The lowest BCUT2D eigenvalue weighted by Crippen LogP contribution is -2.44. The lowest BCUT2D eigenvalue weighted by atomic mass is 10.1. The van der Waals surface area contributed by atoms with Crippen LogP contribution in [0.3, 0.4) is 0 Å². The number of hydrogen-bond acceptors (Lipinski definition) is 5. The van der Waals surface area contributed by atoms with Gasteiger partial charge in [0.25, 0.3) is 0 Å². The van der Waals surface area contributed by atoms with Crippen LogP contribution in [0.25, 0.3) is 11.3 Å². The van der Waals surface area contributed by atoms with Crippen LogP contribution >= 0.6 is 0 Å². The Bertz CT molecular complexity index is 600. The third kappa shape index (κ3) is 2.63. The summed E-state index contributed by atoms with van der Waals surface area (Å²) in [5, 5.41) is 3.94. The highest BCUT2D eigenvalue weighted by Gasteiger charge is 2.16. The molecule has 1 aromatic carbocycles. The molecule has 0 saturated carbocycles. The summed E-state index contributed by atoms with van der Waals surface area (Å²) in [5.74, 6) is 0.769. The van der Waals surface area contributed by atoms with Crippen LogP contribution in [0.15, 0.2) is 28.8 Å². The molecule has 0 unspecified atom stereocenters. The molecule has 1 aromatic heterocycles.